The molecule has 0 aliphatic carbocycles. The van der Waals surface area contributed by atoms with E-state index in [9.17, 15) is 5.11 Å². The molecular formula is C15H17NO2. The highest BCUT2D eigenvalue weighted by atomic mass is 16.5. The number of ether oxygens (including phenoxy) is 1. The minimum absolute atomic E-state index is 0.497. The van der Waals surface area contributed by atoms with Gasteiger partial charge in [-0.15, -0.1) is 0 Å². The molecule has 1 unspecified atom stereocenters. The highest BCUT2D eigenvalue weighted by Crippen LogP contribution is 2.20. The summed E-state index contributed by atoms with van der Waals surface area (Å²) < 4.78 is 5.37. The van der Waals surface area contributed by atoms with E-state index < -0.39 is 6.10 Å². The minimum atomic E-state index is -0.497. The molecule has 18 heavy (non-hydrogen) atoms. The molecule has 0 saturated heterocycles. The summed E-state index contributed by atoms with van der Waals surface area (Å²) in [6, 6.07) is 11.4. The fourth-order valence-electron chi connectivity index (χ4n) is 1.81. The van der Waals surface area contributed by atoms with Crippen molar-refractivity contribution in [3.8, 4) is 5.75 Å². The van der Waals surface area contributed by atoms with Crippen molar-refractivity contribution >= 4 is 0 Å². The number of aliphatic hydroxyl groups excluding tert-OH is 1. The van der Waals surface area contributed by atoms with Crippen molar-refractivity contribution in [1.29, 1.82) is 0 Å². The second-order valence-corrected chi connectivity index (χ2v) is 4.08. The molecule has 1 aromatic carbocycles. The van der Waals surface area contributed by atoms with Gasteiger partial charge < -0.3 is 9.84 Å². The van der Waals surface area contributed by atoms with Crippen LogP contribution in [0.15, 0.2) is 48.8 Å². The van der Waals surface area contributed by atoms with Gasteiger partial charge in [-0.3, -0.25) is 4.98 Å². The van der Waals surface area contributed by atoms with Gasteiger partial charge in [0, 0.05) is 18.8 Å². The van der Waals surface area contributed by atoms with Crippen LogP contribution in [-0.2, 0) is 6.42 Å². The molecule has 0 aliphatic heterocycles. The lowest BCUT2D eigenvalue weighted by Crippen LogP contribution is -2.02. The number of rotatable bonds is 5. The maximum atomic E-state index is 10.1. The number of hydrogen-bond donors (Lipinski definition) is 1. The monoisotopic (exact) mass is 243 g/mol. The van der Waals surface area contributed by atoms with Crippen LogP contribution in [0.5, 0.6) is 5.75 Å². The standard InChI is InChI=1S/C15H17NO2/c1-2-18-14-5-3-13(4-6-14)15(17)11-12-7-9-16-10-8-12/h3-10,15,17H,2,11H2,1H3. The Kier molecular flexibility index (Phi) is 4.31. The zero-order valence-electron chi connectivity index (χ0n) is 10.4. The molecule has 1 heterocycles. The molecular weight excluding hydrogens is 226 g/mol. The Balaban J connectivity index is 2.02. The van der Waals surface area contributed by atoms with Gasteiger partial charge in [0.2, 0.25) is 0 Å². The molecule has 0 spiro atoms. The molecule has 2 aromatic rings. The van der Waals surface area contributed by atoms with Gasteiger partial charge in [-0.05, 0) is 42.3 Å². The van der Waals surface area contributed by atoms with Gasteiger partial charge in [-0.1, -0.05) is 12.1 Å². The number of pyridine rings is 1. The molecule has 3 nitrogen and oxygen atoms in total. The lowest BCUT2D eigenvalue weighted by Gasteiger charge is -2.11. The largest absolute Gasteiger partial charge is 0.494 e. The lowest BCUT2D eigenvalue weighted by atomic mass is 10.0. The molecule has 3 heteroatoms. The molecule has 0 bridgehead atoms. The summed E-state index contributed by atoms with van der Waals surface area (Å²) in [6.45, 7) is 2.60. The van der Waals surface area contributed by atoms with E-state index in [-0.39, 0.29) is 0 Å². The number of aliphatic hydroxyl groups is 1. The van der Waals surface area contributed by atoms with E-state index in [0.717, 1.165) is 16.9 Å². The maximum Gasteiger partial charge on any atom is 0.119 e. The average Bonchev–Trinajstić information content (AvgIpc) is 2.41. The quantitative estimate of drug-likeness (QED) is 0.878. The molecule has 0 amide bonds. The fraction of sp³-hybridized carbons (Fsp3) is 0.267. The second kappa shape index (κ2) is 6.17. The minimum Gasteiger partial charge on any atom is -0.494 e. The Labute approximate surface area is 107 Å². The van der Waals surface area contributed by atoms with Crippen LogP contribution in [0.4, 0.5) is 0 Å². The summed E-state index contributed by atoms with van der Waals surface area (Å²) >= 11 is 0. The zero-order chi connectivity index (χ0) is 12.8. The first-order chi connectivity index (χ1) is 8.79. The predicted molar refractivity (Wildman–Crippen MR) is 70.5 cm³/mol. The van der Waals surface area contributed by atoms with Crippen molar-refractivity contribution in [1.82, 2.24) is 4.98 Å². The number of aromatic nitrogens is 1. The molecule has 0 saturated carbocycles. The third-order valence-corrected chi connectivity index (χ3v) is 2.75. The Morgan fingerprint density at radius 1 is 1.11 bits per heavy atom. The van der Waals surface area contributed by atoms with Crippen LogP contribution in [0.3, 0.4) is 0 Å². The third kappa shape index (κ3) is 3.31. The number of hydrogen-bond acceptors (Lipinski definition) is 3. The van der Waals surface area contributed by atoms with Crippen LogP contribution < -0.4 is 4.74 Å². The summed E-state index contributed by atoms with van der Waals surface area (Å²) in [7, 11) is 0. The summed E-state index contributed by atoms with van der Waals surface area (Å²) in [5.41, 5.74) is 1.97. The first kappa shape index (κ1) is 12.6. The Hall–Kier alpha value is -1.87. The summed E-state index contributed by atoms with van der Waals surface area (Å²) in [5.74, 6) is 0.831. The lowest BCUT2D eigenvalue weighted by molar-refractivity contribution is 0.178. The van der Waals surface area contributed by atoms with Gasteiger partial charge in [0.25, 0.3) is 0 Å². The Bertz CT molecular complexity index is 468. The van der Waals surface area contributed by atoms with Crippen molar-refractivity contribution < 1.29 is 9.84 Å². The molecule has 0 radical (unpaired) electrons. The topological polar surface area (TPSA) is 42.4 Å². The van der Waals surface area contributed by atoms with Gasteiger partial charge in [0.05, 0.1) is 12.7 Å². The summed E-state index contributed by atoms with van der Waals surface area (Å²) in [4.78, 5) is 3.96. The second-order valence-electron chi connectivity index (χ2n) is 4.08. The molecule has 1 N–H and O–H groups in total. The van der Waals surface area contributed by atoms with E-state index in [1.807, 2.05) is 43.3 Å². The van der Waals surface area contributed by atoms with E-state index in [4.69, 9.17) is 4.74 Å². The van der Waals surface area contributed by atoms with Crippen LogP contribution in [-0.4, -0.2) is 16.7 Å². The molecule has 0 aliphatic rings. The fourth-order valence-corrected chi connectivity index (χ4v) is 1.81. The van der Waals surface area contributed by atoms with Gasteiger partial charge in [-0.2, -0.15) is 0 Å². The molecule has 1 atom stereocenters. The van der Waals surface area contributed by atoms with Crippen LogP contribution in [0.1, 0.15) is 24.2 Å². The van der Waals surface area contributed by atoms with Gasteiger partial charge in [0.15, 0.2) is 0 Å². The Morgan fingerprint density at radius 2 is 1.78 bits per heavy atom. The van der Waals surface area contributed by atoms with Gasteiger partial charge >= 0.3 is 0 Å². The first-order valence-electron chi connectivity index (χ1n) is 6.09. The normalized spacial score (nSPS) is 12.1. The SMILES string of the molecule is CCOc1ccc(C(O)Cc2ccncc2)cc1. The van der Waals surface area contributed by atoms with Crippen LogP contribution in [0, 0.1) is 0 Å². The van der Waals surface area contributed by atoms with Crippen LogP contribution >= 0.6 is 0 Å². The van der Waals surface area contributed by atoms with Gasteiger partial charge in [0.1, 0.15) is 5.75 Å². The van der Waals surface area contributed by atoms with Crippen molar-refractivity contribution in [2.75, 3.05) is 6.61 Å². The van der Waals surface area contributed by atoms with Gasteiger partial charge in [-0.25, -0.2) is 0 Å². The zero-order valence-corrected chi connectivity index (χ0v) is 10.4. The molecule has 1 aromatic heterocycles. The Morgan fingerprint density at radius 3 is 2.39 bits per heavy atom. The molecule has 94 valence electrons. The van der Waals surface area contributed by atoms with Crippen LogP contribution in [0.2, 0.25) is 0 Å². The van der Waals surface area contributed by atoms with E-state index in [1.165, 1.54) is 0 Å². The summed E-state index contributed by atoms with van der Waals surface area (Å²) in [6.07, 6.45) is 3.57. The van der Waals surface area contributed by atoms with Crippen molar-refractivity contribution in [2.45, 2.75) is 19.4 Å². The average molecular weight is 243 g/mol. The third-order valence-electron chi connectivity index (χ3n) is 2.75. The van der Waals surface area contributed by atoms with E-state index in [1.54, 1.807) is 12.4 Å². The van der Waals surface area contributed by atoms with Crippen molar-refractivity contribution in [2.24, 2.45) is 0 Å². The molecule has 0 fully saturated rings. The van der Waals surface area contributed by atoms with E-state index in [0.29, 0.717) is 13.0 Å². The van der Waals surface area contributed by atoms with Crippen molar-refractivity contribution in [3.63, 3.8) is 0 Å². The molecule has 2 rings (SSSR count). The van der Waals surface area contributed by atoms with E-state index in [2.05, 4.69) is 4.98 Å². The maximum absolute atomic E-state index is 10.1. The highest BCUT2D eigenvalue weighted by molar-refractivity contribution is 5.29. The smallest absolute Gasteiger partial charge is 0.119 e. The van der Waals surface area contributed by atoms with Crippen LogP contribution in [0.25, 0.3) is 0 Å². The number of benzene rings is 1. The predicted octanol–water partition coefficient (Wildman–Crippen LogP) is 2.76. The number of nitrogens with zero attached hydrogens (tertiary/aromatic N) is 1. The first-order valence-corrected chi connectivity index (χ1v) is 6.09. The highest BCUT2D eigenvalue weighted by Gasteiger charge is 2.08. The van der Waals surface area contributed by atoms with Crippen molar-refractivity contribution in [3.05, 3.63) is 59.9 Å². The summed E-state index contributed by atoms with van der Waals surface area (Å²) in [5, 5.41) is 10.1. The van der Waals surface area contributed by atoms with E-state index >= 15 is 0 Å².